The Kier molecular flexibility index (Phi) is 2.43. The maximum atomic E-state index is 10.9. The minimum Gasteiger partial charge on any atom is -0.300 e. The van der Waals surface area contributed by atoms with Gasteiger partial charge in [0.15, 0.2) is 0 Å². The van der Waals surface area contributed by atoms with Crippen molar-refractivity contribution in [3.05, 3.63) is 31.3 Å². The highest BCUT2D eigenvalue weighted by Crippen LogP contribution is 1.88. The van der Waals surface area contributed by atoms with Crippen LogP contribution in [0.25, 0.3) is 11.2 Å². The number of fused-ring (bicyclic) bond motifs is 1. The molecule has 2 rings (SSSR count). The summed E-state index contributed by atoms with van der Waals surface area (Å²) in [5.74, 6) is 0. The van der Waals surface area contributed by atoms with Gasteiger partial charge in [-0.15, -0.1) is 0 Å². The molecule has 0 aromatic carbocycles. The van der Waals surface area contributed by atoms with E-state index < -0.39 is 16.9 Å². The molecule has 0 unspecified atom stereocenters. The van der Waals surface area contributed by atoms with Crippen LogP contribution in [0.15, 0.2) is 14.4 Å². The van der Waals surface area contributed by atoms with Crippen LogP contribution in [0.4, 0.5) is 0 Å². The lowest BCUT2D eigenvalue weighted by Crippen LogP contribution is -2.21. The maximum Gasteiger partial charge on any atom is 0.327 e. The van der Waals surface area contributed by atoms with E-state index in [0.29, 0.717) is 0 Å². The number of imidazole rings is 1. The number of nitrogens with one attached hydrogen (secondary N) is 4. The monoisotopic (exact) mass is 194 g/mol. The zero-order valence-electron chi connectivity index (χ0n) is 5.72. The number of hydrogen-bond acceptors (Lipinski definition) is 3. The molecule has 7 nitrogen and oxygen atoms in total. The van der Waals surface area contributed by atoms with Gasteiger partial charge in [0.05, 0.1) is 0 Å². The number of H-pyrrole nitrogens is 4. The van der Waals surface area contributed by atoms with E-state index in [9.17, 15) is 14.4 Å². The van der Waals surface area contributed by atoms with Gasteiger partial charge in [0, 0.05) is 0 Å². The fraction of sp³-hybridized carbons (Fsp3) is 0. The van der Waals surface area contributed by atoms with Crippen molar-refractivity contribution >= 4 is 34.2 Å². The zero-order valence-corrected chi connectivity index (χ0v) is 5.72. The lowest BCUT2D eigenvalue weighted by atomic mass is 10.5. The second-order valence-corrected chi connectivity index (χ2v) is 2.24. The minimum absolute atomic E-state index is 0. The van der Waals surface area contributed by atoms with E-state index in [1.54, 1.807) is 0 Å². The number of aromatic nitrogens is 4. The molecule has 0 spiro atoms. The van der Waals surface area contributed by atoms with Gasteiger partial charge in [-0.1, -0.05) is 0 Å². The van der Waals surface area contributed by atoms with Crippen LogP contribution >= 0.6 is 0 Å². The van der Waals surface area contributed by atoms with E-state index in [1.807, 2.05) is 4.98 Å². The van der Waals surface area contributed by atoms with Crippen LogP contribution in [0.2, 0.25) is 0 Å². The van der Waals surface area contributed by atoms with Crippen LogP contribution in [0.5, 0.6) is 0 Å². The lowest BCUT2D eigenvalue weighted by molar-refractivity contribution is 1.07. The summed E-state index contributed by atoms with van der Waals surface area (Å²) >= 11 is 0. The van der Waals surface area contributed by atoms with Crippen molar-refractivity contribution in [1.29, 1.82) is 0 Å². The van der Waals surface area contributed by atoms with Crippen molar-refractivity contribution in [2.75, 3.05) is 0 Å². The van der Waals surface area contributed by atoms with Gasteiger partial charge in [0.1, 0.15) is 11.2 Å². The molecule has 4 N–H and O–H groups in total. The van der Waals surface area contributed by atoms with Crippen molar-refractivity contribution < 1.29 is 0 Å². The van der Waals surface area contributed by atoms with Crippen molar-refractivity contribution in [2.24, 2.45) is 0 Å². The van der Waals surface area contributed by atoms with Gasteiger partial charge >= 0.3 is 34.4 Å². The van der Waals surface area contributed by atoms with Crippen molar-refractivity contribution in [3.8, 4) is 0 Å². The molecule has 0 atom stereocenters. The molecule has 8 heteroatoms. The number of aromatic amines is 4. The third-order valence-corrected chi connectivity index (χ3v) is 1.42. The highest BCUT2D eigenvalue weighted by molar-refractivity contribution is 5.75. The summed E-state index contributed by atoms with van der Waals surface area (Å²) in [6.45, 7) is 0. The molecular formula is C5H6MgN4O3. The molecule has 0 aliphatic rings. The van der Waals surface area contributed by atoms with E-state index in [0.717, 1.165) is 0 Å². The Bertz CT molecular complexity index is 588. The fourth-order valence-electron chi connectivity index (χ4n) is 0.958. The molecular weight excluding hydrogens is 188 g/mol. The highest BCUT2D eigenvalue weighted by Gasteiger charge is 2.02. The Morgan fingerprint density at radius 3 is 1.92 bits per heavy atom. The summed E-state index contributed by atoms with van der Waals surface area (Å²) in [6, 6.07) is 0. The first kappa shape index (κ1) is 9.80. The third-order valence-electron chi connectivity index (χ3n) is 1.42. The van der Waals surface area contributed by atoms with Gasteiger partial charge in [-0.2, -0.15) is 0 Å². The summed E-state index contributed by atoms with van der Waals surface area (Å²) in [4.78, 5) is 41.0. The molecule has 0 fully saturated rings. The molecule has 0 saturated carbocycles. The highest BCUT2D eigenvalue weighted by atomic mass is 24.3. The molecule has 2 heterocycles. The summed E-state index contributed by atoms with van der Waals surface area (Å²) in [7, 11) is 0. The van der Waals surface area contributed by atoms with E-state index in [2.05, 4.69) is 15.0 Å². The molecule has 0 bridgehead atoms. The van der Waals surface area contributed by atoms with Gasteiger partial charge in [0.2, 0.25) is 0 Å². The summed E-state index contributed by atoms with van der Waals surface area (Å²) < 4.78 is 0. The van der Waals surface area contributed by atoms with Crippen molar-refractivity contribution in [2.45, 2.75) is 0 Å². The van der Waals surface area contributed by atoms with E-state index in [1.165, 1.54) is 0 Å². The average Bonchev–Trinajstić information content (AvgIpc) is 2.29. The van der Waals surface area contributed by atoms with Gasteiger partial charge in [0.25, 0.3) is 5.56 Å². The first-order valence-electron chi connectivity index (χ1n) is 3.11. The number of rotatable bonds is 0. The third kappa shape index (κ3) is 1.58. The Morgan fingerprint density at radius 1 is 0.769 bits per heavy atom. The molecule has 13 heavy (non-hydrogen) atoms. The van der Waals surface area contributed by atoms with Gasteiger partial charge in [-0.25, -0.2) is 9.59 Å². The van der Waals surface area contributed by atoms with Crippen LogP contribution < -0.4 is 16.9 Å². The van der Waals surface area contributed by atoms with Crippen LogP contribution in [0.1, 0.15) is 0 Å². The number of hydrogen-bond donors (Lipinski definition) is 4. The quantitative estimate of drug-likeness (QED) is 0.343. The topological polar surface area (TPSA) is 114 Å². The lowest BCUT2D eigenvalue weighted by Gasteiger charge is -1.83. The van der Waals surface area contributed by atoms with Crippen molar-refractivity contribution in [1.82, 2.24) is 19.9 Å². The Morgan fingerprint density at radius 2 is 1.31 bits per heavy atom. The van der Waals surface area contributed by atoms with Crippen LogP contribution in [-0.2, 0) is 0 Å². The van der Waals surface area contributed by atoms with Crippen LogP contribution in [0.3, 0.4) is 0 Å². The molecule has 66 valence electrons. The average molecular weight is 194 g/mol. The van der Waals surface area contributed by atoms with E-state index in [-0.39, 0.29) is 34.2 Å². The second-order valence-electron chi connectivity index (χ2n) is 2.24. The van der Waals surface area contributed by atoms with Crippen LogP contribution in [-0.4, -0.2) is 43.0 Å². The standard InChI is InChI=1S/C5H4N4O3.Mg.2H/c10-3-1-2(7-4(11)6-1)8-5(12)9-3;;;/h(H4,6,7,8,9,10,11,12);;;. The molecule has 0 radical (unpaired) electrons. The van der Waals surface area contributed by atoms with Crippen molar-refractivity contribution in [3.63, 3.8) is 0 Å². The summed E-state index contributed by atoms with van der Waals surface area (Å²) in [5, 5.41) is 0. The SMILES string of the molecule is O=c1[nH]c(=O)c2[nH]c(=O)[nH]c2[nH]1.[MgH2]. The van der Waals surface area contributed by atoms with Gasteiger partial charge in [-0.05, 0) is 0 Å². The Balaban J connectivity index is 0.000000845. The largest absolute Gasteiger partial charge is 0.327 e. The Labute approximate surface area is 85.7 Å². The fourth-order valence-corrected chi connectivity index (χ4v) is 0.958. The molecule has 2 aromatic rings. The summed E-state index contributed by atoms with van der Waals surface area (Å²) in [6.07, 6.45) is 0. The van der Waals surface area contributed by atoms with Crippen LogP contribution in [0, 0.1) is 0 Å². The van der Waals surface area contributed by atoms with Gasteiger partial charge in [-0.3, -0.25) is 24.7 Å². The summed E-state index contributed by atoms with van der Waals surface area (Å²) in [5.41, 5.74) is -1.65. The Hall–Kier alpha value is -1.28. The maximum absolute atomic E-state index is 10.9. The smallest absolute Gasteiger partial charge is 0.300 e. The molecule has 0 amide bonds. The second kappa shape index (κ2) is 3.22. The first-order valence-corrected chi connectivity index (χ1v) is 3.11. The first-order chi connectivity index (χ1) is 5.66. The predicted octanol–water partition coefficient (Wildman–Crippen LogP) is -2.68. The zero-order chi connectivity index (χ0) is 8.72. The van der Waals surface area contributed by atoms with Gasteiger partial charge < -0.3 is 0 Å². The normalized spacial score (nSPS) is 9.85. The predicted molar refractivity (Wildman–Crippen MR) is 48.7 cm³/mol. The molecule has 0 aliphatic carbocycles. The molecule has 0 saturated heterocycles. The van der Waals surface area contributed by atoms with E-state index >= 15 is 0 Å². The van der Waals surface area contributed by atoms with E-state index in [4.69, 9.17) is 0 Å². The molecule has 0 aliphatic heterocycles. The minimum atomic E-state index is -0.650. The molecule has 2 aromatic heterocycles.